The third-order valence-corrected chi connectivity index (χ3v) is 20.9. The van der Waals surface area contributed by atoms with Gasteiger partial charge in [-0.05, 0) is 69.1 Å². The van der Waals surface area contributed by atoms with Crippen LogP contribution in [0.4, 0.5) is 0 Å². The smallest absolute Gasteiger partial charge is 0.462 e. The second kappa shape index (κ2) is 70.8. The van der Waals surface area contributed by atoms with Gasteiger partial charge in [-0.15, -0.1) is 0 Å². The van der Waals surface area contributed by atoms with E-state index < -0.39 is 97.5 Å². The van der Waals surface area contributed by atoms with Crippen molar-refractivity contribution in [1.82, 2.24) is 0 Å². The molecule has 4 unspecified atom stereocenters. The Bertz CT molecular complexity index is 2040. The number of phosphoric acid groups is 2. The molecule has 7 atom stereocenters. The minimum atomic E-state index is -4.97. The Morgan fingerprint density at radius 1 is 0.330 bits per heavy atom. The number of allylic oxidation sites excluding steroid dienone is 4. The van der Waals surface area contributed by atoms with Crippen LogP contribution < -0.4 is 0 Å². The first kappa shape index (κ1) is 97.5. The summed E-state index contributed by atoms with van der Waals surface area (Å²) < 4.78 is 68.6. The molecule has 590 valence electrons. The molecule has 0 amide bonds. The number of carbonyl (C=O) groups is 4. The van der Waals surface area contributed by atoms with Crippen molar-refractivity contribution in [1.29, 1.82) is 0 Å². The highest BCUT2D eigenvalue weighted by atomic mass is 31.2. The second-order valence-corrected chi connectivity index (χ2v) is 32.3. The Morgan fingerprint density at radius 2 is 0.590 bits per heavy atom. The van der Waals surface area contributed by atoms with Crippen molar-refractivity contribution in [3.63, 3.8) is 0 Å². The number of esters is 4. The molecule has 0 fully saturated rings. The van der Waals surface area contributed by atoms with Gasteiger partial charge in [-0.25, -0.2) is 9.13 Å². The molecule has 0 heterocycles. The highest BCUT2D eigenvalue weighted by Gasteiger charge is 2.30. The number of hydrogen-bond acceptors (Lipinski definition) is 15. The van der Waals surface area contributed by atoms with E-state index >= 15 is 0 Å². The second-order valence-electron chi connectivity index (χ2n) is 29.4. The summed E-state index contributed by atoms with van der Waals surface area (Å²) in [5.41, 5.74) is 0. The lowest BCUT2D eigenvalue weighted by atomic mass is 9.99. The van der Waals surface area contributed by atoms with Gasteiger partial charge in [0, 0.05) is 25.7 Å². The van der Waals surface area contributed by atoms with Gasteiger partial charge in [0.2, 0.25) is 0 Å². The van der Waals surface area contributed by atoms with Gasteiger partial charge in [0.25, 0.3) is 0 Å². The van der Waals surface area contributed by atoms with Gasteiger partial charge in [0.15, 0.2) is 12.2 Å². The predicted octanol–water partition coefficient (Wildman–Crippen LogP) is 23.7. The van der Waals surface area contributed by atoms with Crippen LogP contribution in [0, 0.1) is 17.8 Å². The molecule has 3 N–H and O–H groups in total. The fourth-order valence-corrected chi connectivity index (χ4v) is 13.5. The fourth-order valence-electron chi connectivity index (χ4n) is 11.9. The molecule has 0 aliphatic heterocycles. The topological polar surface area (TPSA) is 237 Å². The summed E-state index contributed by atoms with van der Waals surface area (Å²) in [6.45, 7) is 11.9. The third-order valence-electron chi connectivity index (χ3n) is 19.0. The average Bonchev–Trinajstić information content (AvgIpc) is 3.91. The monoisotopic (exact) mass is 1460 g/mol. The molecular weight excluding hydrogens is 1310 g/mol. The van der Waals surface area contributed by atoms with Crippen LogP contribution in [0.2, 0.25) is 0 Å². The molecule has 0 aromatic rings. The van der Waals surface area contributed by atoms with Gasteiger partial charge >= 0.3 is 39.5 Å². The van der Waals surface area contributed by atoms with Crippen LogP contribution >= 0.6 is 15.6 Å². The summed E-state index contributed by atoms with van der Waals surface area (Å²) in [5, 5.41) is 10.6. The Labute approximate surface area is 612 Å². The van der Waals surface area contributed by atoms with E-state index in [0.29, 0.717) is 31.6 Å². The Balaban J connectivity index is 5.25. The van der Waals surface area contributed by atoms with Gasteiger partial charge in [0.1, 0.15) is 19.3 Å². The van der Waals surface area contributed by atoms with Gasteiger partial charge in [-0.1, -0.05) is 342 Å². The Hall–Kier alpha value is -2.46. The van der Waals surface area contributed by atoms with E-state index in [1.165, 1.54) is 186 Å². The maximum atomic E-state index is 13.1. The maximum absolute atomic E-state index is 13.1. The highest BCUT2D eigenvalue weighted by Crippen LogP contribution is 2.45. The fraction of sp³-hybridized carbons (Fsp3) is 0.901. The molecule has 0 aliphatic carbocycles. The van der Waals surface area contributed by atoms with E-state index in [4.69, 9.17) is 37.0 Å². The first-order valence-electron chi connectivity index (χ1n) is 41.2. The largest absolute Gasteiger partial charge is 0.472 e. The summed E-state index contributed by atoms with van der Waals surface area (Å²) in [4.78, 5) is 73.0. The van der Waals surface area contributed by atoms with Crippen LogP contribution in [0.1, 0.15) is 395 Å². The van der Waals surface area contributed by atoms with Crippen molar-refractivity contribution in [3.05, 3.63) is 24.3 Å². The number of unbranched alkanes of at least 4 members (excludes halogenated alkanes) is 40. The van der Waals surface area contributed by atoms with Gasteiger partial charge in [-0.2, -0.15) is 0 Å². The lowest BCUT2D eigenvalue weighted by Gasteiger charge is -2.21. The summed E-state index contributed by atoms with van der Waals surface area (Å²) in [7, 11) is -9.93. The van der Waals surface area contributed by atoms with Crippen molar-refractivity contribution in [2.75, 3.05) is 39.6 Å². The Morgan fingerprint density at radius 3 is 0.890 bits per heavy atom. The summed E-state index contributed by atoms with van der Waals surface area (Å²) in [5.74, 6) is 0.226. The molecule has 0 saturated carbocycles. The lowest BCUT2D eigenvalue weighted by molar-refractivity contribution is -0.161. The number of rotatable bonds is 77. The SMILES string of the molecule is CCCCCC/C=C\C=C/CCCCCCCC(=O)O[C@H](COC(=O)CCCCCCCCCCCCCCCCC(C)CC)COP(=O)(O)OC[C@@H](O)COP(=O)(O)OC[C@@H](COC(=O)CCCCCCCCC(C)C)OC(=O)CCCCCCCCCCCCCCCCC(C)CC. The summed E-state index contributed by atoms with van der Waals surface area (Å²) in [6, 6.07) is 0. The van der Waals surface area contributed by atoms with E-state index in [9.17, 15) is 43.2 Å². The van der Waals surface area contributed by atoms with E-state index in [2.05, 4.69) is 72.8 Å². The van der Waals surface area contributed by atoms with Crippen molar-refractivity contribution in [2.45, 2.75) is 414 Å². The minimum absolute atomic E-state index is 0.0850. The van der Waals surface area contributed by atoms with Gasteiger partial charge < -0.3 is 33.8 Å². The van der Waals surface area contributed by atoms with Crippen molar-refractivity contribution < 1.29 is 80.2 Å². The molecule has 0 radical (unpaired) electrons. The van der Waals surface area contributed by atoms with E-state index in [-0.39, 0.29) is 25.7 Å². The Kier molecular flexibility index (Phi) is 69.1. The highest BCUT2D eigenvalue weighted by molar-refractivity contribution is 7.47. The number of ether oxygens (including phenoxy) is 4. The molecule has 0 aromatic carbocycles. The lowest BCUT2D eigenvalue weighted by Crippen LogP contribution is -2.30. The molecule has 0 spiro atoms. The summed E-state index contributed by atoms with van der Waals surface area (Å²) in [6.07, 6.45) is 61.9. The number of hydrogen-bond donors (Lipinski definition) is 3. The first-order valence-corrected chi connectivity index (χ1v) is 44.2. The van der Waals surface area contributed by atoms with Gasteiger partial charge in [-0.3, -0.25) is 37.3 Å². The minimum Gasteiger partial charge on any atom is -0.462 e. The quantitative estimate of drug-likeness (QED) is 0.0169. The first-order chi connectivity index (χ1) is 48.3. The summed E-state index contributed by atoms with van der Waals surface area (Å²) >= 11 is 0. The van der Waals surface area contributed by atoms with Crippen LogP contribution in [0.25, 0.3) is 0 Å². The van der Waals surface area contributed by atoms with E-state index in [0.717, 1.165) is 121 Å². The average molecular weight is 1460 g/mol. The standard InChI is InChI=1S/C81H154O17P2/c1-8-11-12-13-14-15-16-17-18-26-31-36-41-50-57-64-80(85)97-76(68-91-78(83)62-55-48-40-35-30-25-21-19-23-28-33-38-46-53-60-73(6)9-2)70-95-99(87,88)93-66-75(82)67-94-100(89,90)96-71-77(69-92-79(84)63-56-49-44-43-45-52-59-72(4)5)98-81(86)65-58-51-42-37-32-27-22-20-24-29-34-39-47-54-61-74(7)10-3/h15-18,72-77,82H,8-14,19-71H2,1-7H3,(H,87,88)(H,89,90)/b16-15-,18-17-/t73?,74?,75-,76-,77-/m1/s1. The molecule has 0 rings (SSSR count). The zero-order valence-electron chi connectivity index (χ0n) is 65.2. The van der Waals surface area contributed by atoms with Crippen LogP contribution in [0.15, 0.2) is 24.3 Å². The van der Waals surface area contributed by atoms with Crippen molar-refractivity contribution in [2.24, 2.45) is 17.8 Å². The molecular formula is C81H154O17P2. The zero-order valence-corrected chi connectivity index (χ0v) is 66.9. The number of phosphoric ester groups is 2. The molecule has 0 aliphatic rings. The van der Waals surface area contributed by atoms with Crippen LogP contribution in [-0.2, 0) is 65.4 Å². The number of aliphatic hydroxyl groups is 1. The number of carbonyl (C=O) groups excluding carboxylic acids is 4. The molecule has 100 heavy (non-hydrogen) atoms. The van der Waals surface area contributed by atoms with E-state index in [1.54, 1.807) is 0 Å². The predicted molar refractivity (Wildman–Crippen MR) is 409 cm³/mol. The zero-order chi connectivity index (χ0) is 73.7. The van der Waals surface area contributed by atoms with Crippen molar-refractivity contribution in [3.8, 4) is 0 Å². The molecule has 0 aromatic heterocycles. The molecule has 17 nitrogen and oxygen atoms in total. The maximum Gasteiger partial charge on any atom is 0.472 e. The van der Waals surface area contributed by atoms with E-state index in [1.807, 2.05) is 0 Å². The van der Waals surface area contributed by atoms with Crippen molar-refractivity contribution >= 4 is 39.5 Å². The van der Waals surface area contributed by atoms with Gasteiger partial charge in [0.05, 0.1) is 26.4 Å². The molecule has 19 heteroatoms. The van der Waals surface area contributed by atoms with Crippen LogP contribution in [0.3, 0.4) is 0 Å². The van der Waals surface area contributed by atoms with Crippen LogP contribution in [-0.4, -0.2) is 96.7 Å². The number of aliphatic hydroxyl groups excluding tert-OH is 1. The molecule has 0 bridgehead atoms. The molecule has 0 saturated heterocycles. The van der Waals surface area contributed by atoms with Crippen LogP contribution in [0.5, 0.6) is 0 Å². The normalized spacial score (nSPS) is 14.7. The third kappa shape index (κ3) is 71.2.